The molecule has 0 saturated carbocycles. The molecule has 2 aromatic rings. The number of halogens is 2. The van der Waals surface area contributed by atoms with Crippen molar-refractivity contribution in [3.8, 4) is 6.07 Å². The van der Waals surface area contributed by atoms with Crippen LogP contribution in [0.15, 0.2) is 65.1 Å². The molecule has 1 spiro atoms. The Labute approximate surface area is 201 Å². The molecule has 166 valence electrons. The number of fused-ring (bicyclic) bond motifs is 3. The molecule has 6 nitrogen and oxygen atoms in total. The number of carbonyl (C=O) groups is 2. The molecular formula is C25H20Cl2N4O2. The Bertz CT molecular complexity index is 1350. The topological polar surface area (TPSA) is 99.2 Å². The second-order valence-corrected chi connectivity index (χ2v) is 10.2. The third-order valence-electron chi connectivity index (χ3n) is 6.54. The molecule has 5 rings (SSSR count). The number of carbonyl (C=O) groups excluding carboxylic acids is 2. The Hall–Kier alpha value is -3.27. The maximum Gasteiger partial charge on any atom is 0.245 e. The Morgan fingerprint density at radius 2 is 1.73 bits per heavy atom. The van der Waals surface area contributed by atoms with Gasteiger partial charge in [-0.25, -0.2) is 0 Å². The van der Waals surface area contributed by atoms with Gasteiger partial charge in [-0.15, -0.1) is 0 Å². The van der Waals surface area contributed by atoms with Gasteiger partial charge in [-0.05, 0) is 54.3 Å². The summed E-state index contributed by atoms with van der Waals surface area (Å²) in [4.78, 5) is 29.1. The van der Waals surface area contributed by atoms with Crippen LogP contribution in [0.3, 0.4) is 0 Å². The van der Waals surface area contributed by atoms with Crippen LogP contribution in [0, 0.1) is 16.7 Å². The first-order chi connectivity index (χ1) is 15.6. The Balaban J connectivity index is 1.90. The van der Waals surface area contributed by atoms with Gasteiger partial charge < -0.3 is 11.1 Å². The van der Waals surface area contributed by atoms with E-state index in [1.54, 1.807) is 47.4 Å². The standard InChI is InChI=1S/C25H20Cl2N4O2/c1-24(2)10-19-21(20(32)11-24)25(16-9-14(27)5-8-18(16)30-23(25)33)17(12-28)22(29)31(19)15-6-3-13(26)4-7-15/h3-9H,10-11,29H2,1-2H3,(H,30,33). The third-order valence-corrected chi connectivity index (χ3v) is 7.03. The number of nitrogens with zero attached hydrogens (tertiary/aromatic N) is 2. The van der Waals surface area contributed by atoms with Gasteiger partial charge in [0, 0.05) is 44.7 Å². The van der Waals surface area contributed by atoms with Crippen molar-refractivity contribution in [3.05, 3.63) is 80.7 Å². The molecule has 3 aliphatic rings. The van der Waals surface area contributed by atoms with Crippen molar-refractivity contribution >= 4 is 46.3 Å². The second-order valence-electron chi connectivity index (χ2n) is 9.34. The number of amides is 1. The number of rotatable bonds is 1. The number of hydrogen-bond donors (Lipinski definition) is 2. The summed E-state index contributed by atoms with van der Waals surface area (Å²) in [6.07, 6.45) is 0.727. The van der Waals surface area contributed by atoms with Crippen LogP contribution >= 0.6 is 23.2 Å². The molecule has 2 heterocycles. The molecule has 1 atom stereocenters. The molecule has 0 saturated heterocycles. The first kappa shape index (κ1) is 21.6. The van der Waals surface area contributed by atoms with Gasteiger partial charge >= 0.3 is 0 Å². The first-order valence-electron chi connectivity index (χ1n) is 10.4. The minimum atomic E-state index is -1.65. The van der Waals surface area contributed by atoms with Gasteiger partial charge in [-0.2, -0.15) is 5.26 Å². The molecule has 1 amide bonds. The normalized spacial score (nSPS) is 23.4. The second kappa shape index (κ2) is 7.11. The van der Waals surface area contributed by atoms with E-state index in [2.05, 4.69) is 11.4 Å². The van der Waals surface area contributed by atoms with Gasteiger partial charge in [0.25, 0.3) is 0 Å². The number of nitrogens with one attached hydrogen (secondary N) is 1. The molecule has 0 fully saturated rings. The summed E-state index contributed by atoms with van der Waals surface area (Å²) in [5.74, 6) is -0.564. The maximum absolute atomic E-state index is 13.8. The number of ketones is 1. The highest BCUT2D eigenvalue weighted by Gasteiger charge is 2.61. The zero-order valence-corrected chi connectivity index (χ0v) is 19.5. The summed E-state index contributed by atoms with van der Waals surface area (Å²) in [5.41, 5.74) is 7.16. The van der Waals surface area contributed by atoms with Crippen molar-refractivity contribution < 1.29 is 9.59 Å². The molecule has 0 radical (unpaired) electrons. The minimum absolute atomic E-state index is 0.00257. The summed E-state index contributed by atoms with van der Waals surface area (Å²) in [5, 5.41) is 14.1. The number of nitriles is 1. The molecule has 3 N–H and O–H groups in total. The number of benzene rings is 2. The quantitative estimate of drug-likeness (QED) is 0.597. The van der Waals surface area contributed by atoms with E-state index >= 15 is 0 Å². The number of hydrogen-bond acceptors (Lipinski definition) is 5. The van der Waals surface area contributed by atoms with Gasteiger partial charge in [-0.1, -0.05) is 37.0 Å². The van der Waals surface area contributed by atoms with Gasteiger partial charge in [-0.3, -0.25) is 14.5 Å². The fraction of sp³-hybridized carbons (Fsp3) is 0.240. The monoisotopic (exact) mass is 478 g/mol. The number of Topliss-reactive ketones (excluding diaryl/α,β-unsaturated/α-hetero) is 1. The smallest absolute Gasteiger partial charge is 0.245 e. The molecule has 2 aromatic carbocycles. The highest BCUT2D eigenvalue weighted by molar-refractivity contribution is 6.31. The molecule has 2 aliphatic heterocycles. The van der Waals surface area contributed by atoms with E-state index in [1.807, 2.05) is 13.8 Å². The molecule has 1 aliphatic carbocycles. The van der Waals surface area contributed by atoms with Gasteiger partial charge in [0.1, 0.15) is 17.3 Å². The molecule has 1 unspecified atom stereocenters. The van der Waals surface area contributed by atoms with Crippen LogP contribution in [0.2, 0.25) is 10.0 Å². The third kappa shape index (κ3) is 2.93. The van der Waals surface area contributed by atoms with Crippen LogP contribution in [0.25, 0.3) is 0 Å². The molecular weight excluding hydrogens is 459 g/mol. The maximum atomic E-state index is 13.8. The van der Waals surface area contributed by atoms with E-state index in [9.17, 15) is 14.9 Å². The van der Waals surface area contributed by atoms with Crippen LogP contribution in [0.4, 0.5) is 11.4 Å². The predicted octanol–water partition coefficient (Wildman–Crippen LogP) is 5.04. The van der Waals surface area contributed by atoms with E-state index < -0.39 is 11.3 Å². The summed E-state index contributed by atoms with van der Waals surface area (Å²) in [6, 6.07) is 14.1. The fourth-order valence-corrected chi connectivity index (χ4v) is 5.57. The summed E-state index contributed by atoms with van der Waals surface area (Å²) in [7, 11) is 0. The van der Waals surface area contributed by atoms with Crippen molar-refractivity contribution in [1.82, 2.24) is 0 Å². The predicted molar refractivity (Wildman–Crippen MR) is 128 cm³/mol. The van der Waals surface area contributed by atoms with E-state index in [1.165, 1.54) is 0 Å². The van der Waals surface area contributed by atoms with Gasteiger partial charge in [0.15, 0.2) is 5.78 Å². The average Bonchev–Trinajstić information content (AvgIpc) is 3.00. The van der Waals surface area contributed by atoms with Crippen molar-refractivity contribution in [3.63, 3.8) is 0 Å². The average molecular weight is 479 g/mol. The Morgan fingerprint density at radius 3 is 2.39 bits per heavy atom. The number of allylic oxidation sites excluding steroid dienone is 1. The zero-order chi connectivity index (χ0) is 23.7. The minimum Gasteiger partial charge on any atom is -0.384 e. The molecule has 0 aromatic heterocycles. The summed E-state index contributed by atoms with van der Waals surface area (Å²) in [6.45, 7) is 4.00. The van der Waals surface area contributed by atoms with Gasteiger partial charge in [0.2, 0.25) is 5.91 Å². The molecule has 33 heavy (non-hydrogen) atoms. The fourth-order valence-electron chi connectivity index (χ4n) is 5.28. The molecule has 0 bridgehead atoms. The summed E-state index contributed by atoms with van der Waals surface area (Å²) < 4.78 is 0. The van der Waals surface area contributed by atoms with Crippen LogP contribution in [-0.4, -0.2) is 11.7 Å². The van der Waals surface area contributed by atoms with Crippen LogP contribution < -0.4 is 16.0 Å². The SMILES string of the molecule is CC1(C)CC(=O)C2=C(C1)N(c1ccc(Cl)cc1)C(N)=C(C#N)C21C(=O)Nc2ccc(Cl)cc21. The van der Waals surface area contributed by atoms with Crippen molar-refractivity contribution in [2.24, 2.45) is 11.1 Å². The molecule has 8 heteroatoms. The number of anilines is 2. The Kier molecular flexibility index (Phi) is 4.65. The lowest BCUT2D eigenvalue weighted by atomic mass is 9.61. The lowest BCUT2D eigenvalue weighted by Crippen LogP contribution is -2.52. The lowest BCUT2D eigenvalue weighted by molar-refractivity contribution is -0.123. The van der Waals surface area contributed by atoms with Crippen LogP contribution in [0.1, 0.15) is 32.3 Å². The van der Waals surface area contributed by atoms with E-state index in [-0.39, 0.29) is 34.6 Å². The highest BCUT2D eigenvalue weighted by Crippen LogP contribution is 2.57. The van der Waals surface area contributed by atoms with E-state index in [0.717, 1.165) is 0 Å². The summed E-state index contributed by atoms with van der Waals surface area (Å²) >= 11 is 12.4. The van der Waals surface area contributed by atoms with Crippen LogP contribution in [-0.2, 0) is 15.0 Å². The van der Waals surface area contributed by atoms with Crippen LogP contribution in [0.5, 0.6) is 0 Å². The Morgan fingerprint density at radius 1 is 1.06 bits per heavy atom. The van der Waals surface area contributed by atoms with Crippen molar-refractivity contribution in [1.29, 1.82) is 5.26 Å². The van der Waals surface area contributed by atoms with Crippen molar-refractivity contribution in [2.45, 2.75) is 32.1 Å². The largest absolute Gasteiger partial charge is 0.384 e. The number of nitrogens with two attached hydrogens (primary N) is 1. The lowest BCUT2D eigenvalue weighted by Gasteiger charge is -2.46. The highest BCUT2D eigenvalue weighted by atomic mass is 35.5. The van der Waals surface area contributed by atoms with E-state index in [4.69, 9.17) is 28.9 Å². The van der Waals surface area contributed by atoms with E-state index in [0.29, 0.717) is 39.1 Å². The zero-order valence-electron chi connectivity index (χ0n) is 18.0. The van der Waals surface area contributed by atoms with Gasteiger partial charge in [0.05, 0.1) is 5.57 Å². The first-order valence-corrected chi connectivity index (χ1v) is 11.2. The van der Waals surface area contributed by atoms with Crippen molar-refractivity contribution in [2.75, 3.05) is 10.2 Å².